The number of hydrogen-bond acceptors (Lipinski definition) is 7. The Balaban J connectivity index is 1.82. The van der Waals surface area contributed by atoms with Crippen LogP contribution < -0.4 is 23.8 Å². The Kier molecular flexibility index (Phi) is 13.0. The van der Waals surface area contributed by atoms with E-state index in [1.807, 2.05) is 37.3 Å². The molecule has 1 atom stereocenters. The molecule has 0 aliphatic carbocycles. The predicted molar refractivity (Wildman–Crippen MR) is 186 cm³/mol. The molecule has 0 aliphatic rings. The zero-order valence-corrected chi connectivity index (χ0v) is 28.9. The van der Waals surface area contributed by atoms with Gasteiger partial charge in [0.1, 0.15) is 24.2 Å². The number of rotatable bonds is 17. The molecule has 49 heavy (non-hydrogen) atoms. The number of anilines is 1. The number of sulfonamides is 1. The van der Waals surface area contributed by atoms with Crippen LogP contribution in [0.2, 0.25) is 0 Å². The molecule has 0 aliphatic heterocycles. The third kappa shape index (κ3) is 9.50. The van der Waals surface area contributed by atoms with Crippen molar-refractivity contribution < 1.29 is 36.6 Å². The molecule has 0 radical (unpaired) electrons. The third-order valence-electron chi connectivity index (χ3n) is 7.92. The first-order valence-electron chi connectivity index (χ1n) is 15.9. The minimum atomic E-state index is -4.45. The van der Waals surface area contributed by atoms with Gasteiger partial charge in [-0.15, -0.1) is 0 Å². The minimum absolute atomic E-state index is 0.0254. The van der Waals surface area contributed by atoms with Gasteiger partial charge >= 0.3 is 0 Å². The number of benzene rings is 4. The molecule has 2 amide bonds. The molecule has 4 rings (SSSR count). The zero-order chi connectivity index (χ0) is 35.4. The van der Waals surface area contributed by atoms with Gasteiger partial charge in [-0.3, -0.25) is 13.9 Å². The SMILES string of the molecule is CCCCNC(=O)[C@@H](Cc1ccccc1)N(Cc1cccc(OC)c1)C(=O)CN(c1ccc(F)cc1)S(=O)(=O)c1ccc(OC)c(OC)c1. The van der Waals surface area contributed by atoms with Gasteiger partial charge < -0.3 is 24.4 Å². The lowest BCUT2D eigenvalue weighted by Crippen LogP contribution is -2.53. The number of halogens is 1. The lowest BCUT2D eigenvalue weighted by Gasteiger charge is -2.34. The molecule has 0 unspecified atom stereocenters. The van der Waals surface area contributed by atoms with Crippen molar-refractivity contribution in [3.63, 3.8) is 0 Å². The molecule has 0 heterocycles. The van der Waals surface area contributed by atoms with E-state index in [4.69, 9.17) is 14.2 Å². The number of hydrogen-bond donors (Lipinski definition) is 1. The minimum Gasteiger partial charge on any atom is -0.497 e. The van der Waals surface area contributed by atoms with E-state index in [0.29, 0.717) is 23.6 Å². The van der Waals surface area contributed by atoms with Crippen molar-refractivity contribution in [1.29, 1.82) is 0 Å². The van der Waals surface area contributed by atoms with Gasteiger partial charge in [-0.2, -0.15) is 0 Å². The van der Waals surface area contributed by atoms with Crippen LogP contribution in [0.4, 0.5) is 10.1 Å². The van der Waals surface area contributed by atoms with Gasteiger partial charge in [0, 0.05) is 25.6 Å². The molecule has 4 aromatic rings. The Morgan fingerprint density at radius 3 is 2.16 bits per heavy atom. The van der Waals surface area contributed by atoms with Gasteiger partial charge in [0.05, 0.1) is 31.9 Å². The summed E-state index contributed by atoms with van der Waals surface area (Å²) >= 11 is 0. The first kappa shape index (κ1) is 36.7. The van der Waals surface area contributed by atoms with E-state index in [1.54, 1.807) is 24.3 Å². The molecule has 260 valence electrons. The highest BCUT2D eigenvalue weighted by molar-refractivity contribution is 7.92. The molecular weight excluding hydrogens is 649 g/mol. The Bertz CT molecular complexity index is 1800. The quantitative estimate of drug-likeness (QED) is 0.143. The average molecular weight is 692 g/mol. The standard InChI is InChI=1S/C37H42FN3O7S/c1-5-6-21-39-37(43)33(23-27-11-8-7-9-12-27)40(25-28-13-10-14-31(22-28)46-2)36(42)26-41(30-17-15-29(38)16-18-30)49(44,45)32-19-20-34(47-3)35(24-32)48-4/h7-20,22,24,33H,5-6,21,23,25-26H2,1-4H3,(H,39,43)/t33-/m1/s1. The summed E-state index contributed by atoms with van der Waals surface area (Å²) in [4.78, 5) is 29.7. The van der Waals surface area contributed by atoms with E-state index in [0.717, 1.165) is 34.8 Å². The van der Waals surface area contributed by atoms with Crippen molar-refractivity contribution >= 4 is 27.5 Å². The summed E-state index contributed by atoms with van der Waals surface area (Å²) in [6, 6.07) is 24.3. The van der Waals surface area contributed by atoms with Crippen LogP contribution in [-0.4, -0.2) is 65.6 Å². The third-order valence-corrected chi connectivity index (χ3v) is 9.69. The second kappa shape index (κ2) is 17.3. The molecule has 12 heteroatoms. The Hall–Kier alpha value is -5.10. The number of amides is 2. The number of ether oxygens (including phenoxy) is 3. The van der Waals surface area contributed by atoms with E-state index >= 15 is 0 Å². The average Bonchev–Trinajstić information content (AvgIpc) is 3.12. The Morgan fingerprint density at radius 1 is 0.816 bits per heavy atom. The molecule has 4 aromatic carbocycles. The Morgan fingerprint density at radius 2 is 1.51 bits per heavy atom. The van der Waals surface area contributed by atoms with E-state index in [9.17, 15) is 22.4 Å². The van der Waals surface area contributed by atoms with Crippen LogP contribution in [0.1, 0.15) is 30.9 Å². The van der Waals surface area contributed by atoms with E-state index in [2.05, 4.69) is 5.32 Å². The summed E-state index contributed by atoms with van der Waals surface area (Å²) in [6.45, 7) is 1.70. The van der Waals surface area contributed by atoms with E-state index in [-0.39, 0.29) is 35.2 Å². The van der Waals surface area contributed by atoms with Gasteiger partial charge in [0.15, 0.2) is 11.5 Å². The summed E-state index contributed by atoms with van der Waals surface area (Å²) < 4.78 is 59.6. The molecule has 10 nitrogen and oxygen atoms in total. The van der Waals surface area contributed by atoms with Crippen molar-refractivity contribution in [2.75, 3.05) is 38.7 Å². The summed E-state index contributed by atoms with van der Waals surface area (Å²) in [5.74, 6) is -0.563. The fourth-order valence-electron chi connectivity index (χ4n) is 5.27. The highest BCUT2D eigenvalue weighted by Gasteiger charge is 2.35. The van der Waals surface area contributed by atoms with Crippen LogP contribution in [0.5, 0.6) is 17.2 Å². The number of carbonyl (C=O) groups is 2. The first-order valence-corrected chi connectivity index (χ1v) is 17.3. The fraction of sp³-hybridized carbons (Fsp3) is 0.297. The predicted octanol–water partition coefficient (Wildman–Crippen LogP) is 5.60. The van der Waals surface area contributed by atoms with Gasteiger partial charge in [-0.05, 0) is 66.1 Å². The van der Waals surface area contributed by atoms with E-state index < -0.39 is 34.3 Å². The molecule has 0 saturated heterocycles. The van der Waals surface area contributed by atoms with Crippen LogP contribution >= 0.6 is 0 Å². The van der Waals surface area contributed by atoms with E-state index in [1.165, 1.54) is 56.6 Å². The van der Waals surface area contributed by atoms with Crippen molar-refractivity contribution in [1.82, 2.24) is 10.2 Å². The van der Waals surface area contributed by atoms with Crippen LogP contribution in [0, 0.1) is 5.82 Å². The number of nitrogens with one attached hydrogen (secondary N) is 1. The largest absolute Gasteiger partial charge is 0.497 e. The van der Waals surface area contributed by atoms with Gasteiger partial charge in [0.2, 0.25) is 11.8 Å². The number of methoxy groups -OCH3 is 3. The van der Waals surface area contributed by atoms with Gasteiger partial charge in [-0.1, -0.05) is 55.8 Å². The maximum absolute atomic E-state index is 14.6. The number of nitrogens with zero attached hydrogens (tertiary/aromatic N) is 2. The lowest BCUT2D eigenvalue weighted by atomic mass is 10.0. The van der Waals surface area contributed by atoms with Crippen molar-refractivity contribution in [2.45, 2.75) is 43.7 Å². The Labute approximate surface area is 287 Å². The molecular formula is C37H42FN3O7S. The van der Waals surface area contributed by atoms with Crippen molar-refractivity contribution in [3.05, 3.63) is 114 Å². The molecule has 0 spiro atoms. The molecule has 0 fully saturated rings. The number of unbranched alkanes of at least 4 members (excludes halogenated alkanes) is 1. The second-order valence-corrected chi connectivity index (χ2v) is 13.1. The topological polar surface area (TPSA) is 114 Å². The maximum Gasteiger partial charge on any atom is 0.264 e. The summed E-state index contributed by atoms with van der Waals surface area (Å²) in [7, 11) is -0.116. The fourth-order valence-corrected chi connectivity index (χ4v) is 6.70. The molecule has 0 bridgehead atoms. The van der Waals surface area contributed by atoms with Gasteiger partial charge in [-0.25, -0.2) is 12.8 Å². The first-order chi connectivity index (χ1) is 23.6. The molecule has 1 N–H and O–H groups in total. The van der Waals surface area contributed by atoms with Gasteiger partial charge in [0.25, 0.3) is 10.0 Å². The van der Waals surface area contributed by atoms with Crippen LogP contribution in [0.15, 0.2) is 102 Å². The lowest BCUT2D eigenvalue weighted by molar-refractivity contribution is -0.140. The second-order valence-electron chi connectivity index (χ2n) is 11.2. The summed E-state index contributed by atoms with van der Waals surface area (Å²) in [5, 5.41) is 2.96. The smallest absolute Gasteiger partial charge is 0.264 e. The molecule has 0 aromatic heterocycles. The normalized spacial score (nSPS) is 11.7. The zero-order valence-electron chi connectivity index (χ0n) is 28.1. The van der Waals surface area contributed by atoms with Crippen LogP contribution in [-0.2, 0) is 32.6 Å². The molecule has 0 saturated carbocycles. The van der Waals surface area contributed by atoms with Crippen LogP contribution in [0.3, 0.4) is 0 Å². The monoisotopic (exact) mass is 691 g/mol. The summed E-state index contributed by atoms with van der Waals surface area (Å²) in [6.07, 6.45) is 1.78. The highest BCUT2D eigenvalue weighted by atomic mass is 32.2. The van der Waals surface area contributed by atoms with Crippen molar-refractivity contribution in [2.24, 2.45) is 0 Å². The maximum atomic E-state index is 14.6. The highest BCUT2D eigenvalue weighted by Crippen LogP contribution is 2.32. The number of carbonyl (C=O) groups excluding carboxylic acids is 2. The summed E-state index contributed by atoms with van der Waals surface area (Å²) in [5.41, 5.74) is 1.54. The van der Waals surface area contributed by atoms with Crippen LogP contribution in [0.25, 0.3) is 0 Å². The van der Waals surface area contributed by atoms with Crippen molar-refractivity contribution in [3.8, 4) is 17.2 Å².